The monoisotopic (exact) mass is 284 g/mol. The number of rotatable bonds is 0. The molecule has 0 aliphatic carbocycles. The first-order chi connectivity index (χ1) is 5.20. The van der Waals surface area contributed by atoms with E-state index in [-0.39, 0.29) is 15.9 Å². The van der Waals surface area contributed by atoms with E-state index in [9.17, 15) is 0 Å². The van der Waals surface area contributed by atoms with Crippen molar-refractivity contribution in [3.63, 3.8) is 0 Å². The van der Waals surface area contributed by atoms with Crippen molar-refractivity contribution in [1.82, 2.24) is 4.98 Å². The van der Waals surface area contributed by atoms with Crippen molar-refractivity contribution in [3.8, 4) is 0 Å². The van der Waals surface area contributed by atoms with Crippen LogP contribution in [0.3, 0.4) is 0 Å². The molecule has 0 aliphatic heterocycles. The van der Waals surface area contributed by atoms with Gasteiger partial charge in [-0.25, -0.2) is 4.98 Å². The van der Waals surface area contributed by atoms with Crippen molar-refractivity contribution in [3.05, 3.63) is 23.9 Å². The number of nitrogens with two attached hydrogens (primary N) is 1. The zero-order valence-corrected chi connectivity index (χ0v) is 8.90. The molecule has 0 fully saturated rings. The molecule has 0 amide bonds. The first-order valence-corrected chi connectivity index (χ1v) is 6.71. The fraction of sp³-hybridized carbons (Fsp3) is 0.167. The third-order valence-electron chi connectivity index (χ3n) is 0.937. The maximum absolute atomic E-state index is 5.35. The van der Waals surface area contributed by atoms with E-state index in [1.165, 1.54) is 0 Å². The summed E-state index contributed by atoms with van der Waals surface area (Å²) in [6.45, 7) is 1.98. The van der Waals surface area contributed by atoms with E-state index in [0.29, 0.717) is 5.82 Å². The summed E-state index contributed by atoms with van der Waals surface area (Å²) in [5.41, 5.74) is 6.50. The Morgan fingerprint density at radius 2 is 2.09 bits per heavy atom. The fourth-order valence-electron chi connectivity index (χ4n) is 0.560. The molecule has 2 N–H and O–H groups in total. The number of hydrogen-bond acceptors (Lipinski definition) is 2. The van der Waals surface area contributed by atoms with Crippen molar-refractivity contribution in [2.45, 2.75) is 6.92 Å². The Morgan fingerprint density at radius 3 is 2.36 bits per heavy atom. The molecule has 1 heterocycles. The summed E-state index contributed by atoms with van der Waals surface area (Å²) >= 11 is -0.106. The number of hydrogen-bond donors (Lipinski definition) is 1. The van der Waals surface area contributed by atoms with Gasteiger partial charge in [0.15, 0.2) is 0 Å². The molecule has 0 aromatic carbocycles. The molecule has 0 unspecified atom stereocenters. The molecule has 0 atom stereocenters. The molecule has 0 radical (unpaired) electrons. The van der Waals surface area contributed by atoms with E-state index in [2.05, 4.69) is 4.98 Å². The van der Waals surface area contributed by atoms with Crippen molar-refractivity contribution < 1.29 is 15.9 Å². The minimum absolute atomic E-state index is 0.106. The number of anilines is 1. The van der Waals surface area contributed by atoms with E-state index >= 15 is 0 Å². The second kappa shape index (κ2) is 6.88. The summed E-state index contributed by atoms with van der Waals surface area (Å²) < 4.78 is 0. The number of pyridine rings is 1. The van der Waals surface area contributed by atoms with Crippen LogP contribution in [-0.4, -0.2) is 4.98 Å². The van der Waals surface area contributed by atoms with Crippen molar-refractivity contribution in [2.75, 3.05) is 5.73 Å². The Morgan fingerprint density at radius 1 is 1.55 bits per heavy atom. The molecule has 1 rings (SSSR count). The Labute approximate surface area is 82.2 Å². The Bertz CT molecular complexity index is 190. The number of halogens is 2. The quantitative estimate of drug-likeness (QED) is 0.743. The molecule has 0 saturated carbocycles. The van der Waals surface area contributed by atoms with Crippen LogP contribution in [0.1, 0.15) is 5.56 Å². The van der Waals surface area contributed by atoms with E-state index in [0.717, 1.165) is 5.56 Å². The van der Waals surface area contributed by atoms with Crippen molar-refractivity contribution >= 4 is 24.9 Å². The summed E-state index contributed by atoms with van der Waals surface area (Å²) in [5, 5.41) is 0. The van der Waals surface area contributed by atoms with Crippen LogP contribution in [0.4, 0.5) is 5.82 Å². The molecule has 0 bridgehead atoms. The molecule has 5 heteroatoms. The van der Waals surface area contributed by atoms with Gasteiger partial charge in [-0.15, -0.1) is 0 Å². The summed E-state index contributed by atoms with van der Waals surface area (Å²) in [4.78, 5) is 3.82. The van der Waals surface area contributed by atoms with Crippen molar-refractivity contribution in [1.29, 1.82) is 0 Å². The third kappa shape index (κ3) is 6.58. The molecule has 11 heavy (non-hydrogen) atoms. The summed E-state index contributed by atoms with van der Waals surface area (Å²) in [6, 6.07) is 3.75. The van der Waals surface area contributed by atoms with Gasteiger partial charge in [0.25, 0.3) is 0 Å². The van der Waals surface area contributed by atoms with Crippen LogP contribution >= 0.6 is 19.1 Å². The number of aryl methyl sites for hydroxylation is 1. The minimum atomic E-state index is -0.106. The van der Waals surface area contributed by atoms with Crippen LogP contribution < -0.4 is 5.73 Å². The zero-order valence-electron chi connectivity index (χ0n) is 5.83. The van der Waals surface area contributed by atoms with E-state index in [1.807, 2.05) is 19.1 Å². The molecular weight excluding hydrogens is 277 g/mol. The van der Waals surface area contributed by atoms with Gasteiger partial charge in [0, 0.05) is 6.20 Å². The van der Waals surface area contributed by atoms with Gasteiger partial charge in [-0.2, -0.15) is 0 Å². The first-order valence-electron chi connectivity index (χ1n) is 2.71. The molecule has 66 valence electrons. The molecule has 2 nitrogen and oxygen atoms in total. The van der Waals surface area contributed by atoms with Gasteiger partial charge >= 0.3 is 35.0 Å². The normalized spacial score (nSPS) is 8.64. The van der Waals surface area contributed by atoms with E-state index in [1.54, 1.807) is 6.20 Å². The fourth-order valence-corrected chi connectivity index (χ4v) is 0.560. The van der Waals surface area contributed by atoms with Crippen LogP contribution in [-0.2, 0) is 15.9 Å². The van der Waals surface area contributed by atoms with Crippen LogP contribution in [0.2, 0.25) is 0 Å². The van der Waals surface area contributed by atoms with Gasteiger partial charge in [-0.3, -0.25) is 0 Å². The van der Waals surface area contributed by atoms with Crippen LogP contribution in [0.15, 0.2) is 18.3 Å². The SMILES string of the molecule is Cc1ccnc(N)c1.[Cl][Pd][Cl]. The van der Waals surface area contributed by atoms with Gasteiger partial charge < -0.3 is 5.73 Å². The van der Waals surface area contributed by atoms with Crippen LogP contribution in [0.25, 0.3) is 0 Å². The Hall–Kier alpha value is 0.192. The van der Waals surface area contributed by atoms with E-state index in [4.69, 9.17) is 24.8 Å². The molecule has 1 aromatic heterocycles. The summed E-state index contributed by atoms with van der Waals surface area (Å²) in [7, 11) is 9.63. The first kappa shape index (κ1) is 11.2. The summed E-state index contributed by atoms with van der Waals surface area (Å²) in [6.07, 6.45) is 1.70. The van der Waals surface area contributed by atoms with E-state index < -0.39 is 0 Å². The van der Waals surface area contributed by atoms with Gasteiger partial charge in [-0.1, -0.05) is 0 Å². The second-order valence-corrected chi connectivity index (χ2v) is 4.16. The average molecular weight is 285 g/mol. The van der Waals surface area contributed by atoms with Gasteiger partial charge in [-0.05, 0) is 24.6 Å². The molecule has 0 aliphatic rings. The number of nitrogens with zero attached hydrogens (tertiary/aromatic N) is 1. The van der Waals surface area contributed by atoms with Gasteiger partial charge in [0.1, 0.15) is 5.82 Å². The molecule has 0 spiro atoms. The summed E-state index contributed by atoms with van der Waals surface area (Å²) in [5.74, 6) is 0.588. The Balaban J connectivity index is 0.000000292. The topological polar surface area (TPSA) is 38.9 Å². The van der Waals surface area contributed by atoms with Gasteiger partial charge in [0.05, 0.1) is 0 Å². The molecule has 1 aromatic rings. The second-order valence-electron chi connectivity index (χ2n) is 1.80. The molecular formula is C6H8Cl2N2Pd. The maximum atomic E-state index is 5.35. The molecule has 0 saturated heterocycles. The predicted molar refractivity (Wildman–Crippen MR) is 45.1 cm³/mol. The number of aromatic nitrogens is 1. The standard InChI is InChI=1S/C6H8N2.2ClH.Pd/c1-5-2-3-8-6(7)4-5;;;/h2-4H,1H3,(H2,7,8);2*1H;/q;;;+2/p-2. The van der Waals surface area contributed by atoms with Crippen LogP contribution in [0, 0.1) is 6.92 Å². The predicted octanol–water partition coefficient (Wildman–Crippen LogP) is 2.35. The van der Waals surface area contributed by atoms with Gasteiger partial charge in [0.2, 0.25) is 0 Å². The average Bonchev–Trinajstić information content (AvgIpc) is 1.88. The number of nitrogen functional groups attached to an aromatic ring is 1. The van der Waals surface area contributed by atoms with Crippen LogP contribution in [0.5, 0.6) is 0 Å². The zero-order chi connectivity index (χ0) is 8.69. The third-order valence-corrected chi connectivity index (χ3v) is 0.937. The van der Waals surface area contributed by atoms with Crippen molar-refractivity contribution in [2.24, 2.45) is 0 Å². The Kier molecular flexibility index (Phi) is 7.00.